The molecule has 170 valence electrons. The van der Waals surface area contributed by atoms with E-state index in [1.165, 1.54) is 12.1 Å². The summed E-state index contributed by atoms with van der Waals surface area (Å²) in [6.07, 6.45) is 0.563. The van der Waals surface area contributed by atoms with Gasteiger partial charge in [-0.05, 0) is 55.7 Å². The molecule has 4 aliphatic rings. The van der Waals surface area contributed by atoms with E-state index in [-0.39, 0.29) is 28.3 Å². The van der Waals surface area contributed by atoms with Gasteiger partial charge >= 0.3 is 0 Å². The highest BCUT2D eigenvalue weighted by Gasteiger charge is 2.72. The van der Waals surface area contributed by atoms with E-state index in [4.69, 9.17) is 32.5 Å². The molecule has 3 aromatic rings. The molecule has 3 fully saturated rings. The SMILES string of the molecule is O=C(NC12CC(c3nc(-c4ccc(Cl)c(F)c4)no3)(C1)C2)[C@@H]1C[C@H](O)c2cc(Cl)ccc2O1. The predicted molar refractivity (Wildman–Crippen MR) is 117 cm³/mol. The van der Waals surface area contributed by atoms with Crippen LogP contribution in [0.25, 0.3) is 11.4 Å². The van der Waals surface area contributed by atoms with Crippen molar-refractivity contribution in [1.29, 1.82) is 0 Å². The van der Waals surface area contributed by atoms with Crippen molar-refractivity contribution >= 4 is 29.1 Å². The molecule has 3 saturated carbocycles. The lowest BCUT2D eigenvalue weighted by atomic mass is 9.39. The fourth-order valence-electron chi connectivity index (χ4n) is 5.26. The molecule has 1 amide bonds. The normalized spacial score (nSPS) is 29.3. The predicted octanol–water partition coefficient (Wildman–Crippen LogP) is 4.36. The van der Waals surface area contributed by atoms with Crippen molar-refractivity contribution in [1.82, 2.24) is 15.5 Å². The summed E-state index contributed by atoms with van der Waals surface area (Å²) in [4.78, 5) is 17.3. The number of aliphatic hydroxyl groups is 1. The van der Waals surface area contributed by atoms with Gasteiger partial charge in [0.1, 0.15) is 11.6 Å². The summed E-state index contributed by atoms with van der Waals surface area (Å²) < 4.78 is 25.0. The largest absolute Gasteiger partial charge is 0.480 e. The number of benzene rings is 2. The molecule has 1 aromatic heterocycles. The Hall–Kier alpha value is -2.68. The first-order valence-electron chi connectivity index (χ1n) is 10.5. The van der Waals surface area contributed by atoms with Crippen LogP contribution in [0.2, 0.25) is 10.0 Å². The summed E-state index contributed by atoms with van der Waals surface area (Å²) in [5.74, 6) is 0.439. The Bertz CT molecular complexity index is 1280. The zero-order chi connectivity index (χ0) is 23.0. The summed E-state index contributed by atoms with van der Waals surface area (Å²) in [5, 5.41) is 18.0. The lowest BCUT2D eigenvalue weighted by molar-refractivity contribution is -0.150. The number of carbonyl (C=O) groups excluding carboxylic acids is 1. The Balaban J connectivity index is 1.11. The third kappa shape index (κ3) is 3.31. The molecule has 7 nitrogen and oxygen atoms in total. The lowest BCUT2D eigenvalue weighted by Gasteiger charge is -2.68. The number of aliphatic hydroxyl groups excluding tert-OH is 1. The summed E-state index contributed by atoms with van der Waals surface area (Å²) in [7, 11) is 0. The number of aromatic nitrogens is 2. The molecule has 3 aliphatic carbocycles. The third-order valence-corrected chi connectivity index (χ3v) is 7.35. The quantitative estimate of drug-likeness (QED) is 0.564. The number of ether oxygens (including phenoxy) is 1. The molecular formula is C23H18Cl2FN3O4. The maximum absolute atomic E-state index is 13.8. The molecule has 2 aromatic carbocycles. The molecule has 2 N–H and O–H groups in total. The summed E-state index contributed by atoms with van der Waals surface area (Å²) in [5.41, 5.74) is 0.451. The average Bonchev–Trinajstić information content (AvgIpc) is 3.21. The average molecular weight is 490 g/mol. The molecular weight excluding hydrogens is 472 g/mol. The van der Waals surface area contributed by atoms with Crippen LogP contribution in [0.1, 0.15) is 43.2 Å². The summed E-state index contributed by atoms with van der Waals surface area (Å²) in [6.45, 7) is 0. The van der Waals surface area contributed by atoms with Gasteiger partial charge < -0.3 is 19.7 Å². The summed E-state index contributed by atoms with van der Waals surface area (Å²) in [6, 6.07) is 9.33. The molecule has 10 heteroatoms. The fraction of sp³-hybridized carbons (Fsp3) is 0.348. The van der Waals surface area contributed by atoms with Gasteiger partial charge in [-0.1, -0.05) is 28.4 Å². The number of halogens is 3. The van der Waals surface area contributed by atoms with Crippen molar-refractivity contribution in [2.75, 3.05) is 0 Å². The number of hydrogen-bond donors (Lipinski definition) is 2. The second-order valence-electron chi connectivity index (χ2n) is 9.17. The number of carbonyl (C=O) groups is 1. The highest BCUT2D eigenvalue weighted by molar-refractivity contribution is 6.31. The molecule has 0 spiro atoms. The second kappa shape index (κ2) is 7.16. The highest BCUT2D eigenvalue weighted by Crippen LogP contribution is 2.67. The lowest BCUT2D eigenvalue weighted by Crippen LogP contribution is -2.77. The van der Waals surface area contributed by atoms with Crippen molar-refractivity contribution in [3.8, 4) is 17.1 Å². The van der Waals surface area contributed by atoms with Crippen LogP contribution in [0.5, 0.6) is 5.75 Å². The standard InChI is InChI=1S/C23H18Cl2FN3O4/c24-12-2-4-17-13(6-12)16(30)7-18(32-17)20(31)28-23-8-22(9-23,10-23)21-27-19(29-33-21)11-1-3-14(25)15(26)5-11/h1-6,16,18,30H,7-10H2,(H,28,31)/t16-,18-,22?,23?/m0/s1. The van der Waals surface area contributed by atoms with Crippen LogP contribution in [-0.2, 0) is 10.2 Å². The van der Waals surface area contributed by atoms with Gasteiger partial charge in [-0.3, -0.25) is 4.79 Å². The maximum Gasteiger partial charge on any atom is 0.261 e. The van der Waals surface area contributed by atoms with E-state index in [1.807, 2.05) is 0 Å². The van der Waals surface area contributed by atoms with Gasteiger partial charge in [0.25, 0.3) is 5.91 Å². The van der Waals surface area contributed by atoms with Gasteiger partial charge in [0.05, 0.1) is 16.5 Å². The molecule has 2 atom stereocenters. The van der Waals surface area contributed by atoms with Gasteiger partial charge in [-0.15, -0.1) is 0 Å². The Kier molecular flexibility index (Phi) is 4.53. The van der Waals surface area contributed by atoms with Gasteiger partial charge in [-0.25, -0.2) is 4.39 Å². The van der Waals surface area contributed by atoms with E-state index in [9.17, 15) is 14.3 Å². The molecule has 0 saturated heterocycles. The first-order valence-corrected chi connectivity index (χ1v) is 11.3. The molecule has 33 heavy (non-hydrogen) atoms. The van der Waals surface area contributed by atoms with Crippen LogP contribution < -0.4 is 10.1 Å². The van der Waals surface area contributed by atoms with Crippen LogP contribution in [0.4, 0.5) is 4.39 Å². The fourth-order valence-corrected chi connectivity index (χ4v) is 5.56. The maximum atomic E-state index is 13.8. The van der Waals surface area contributed by atoms with Crippen molar-refractivity contribution < 1.29 is 23.6 Å². The summed E-state index contributed by atoms with van der Waals surface area (Å²) >= 11 is 11.7. The molecule has 2 heterocycles. The number of hydrogen-bond acceptors (Lipinski definition) is 6. The van der Waals surface area contributed by atoms with Crippen LogP contribution in [-0.4, -0.2) is 32.8 Å². The van der Waals surface area contributed by atoms with Crippen LogP contribution in [0, 0.1) is 5.82 Å². The Morgan fingerprint density at radius 2 is 1.97 bits per heavy atom. The van der Waals surface area contributed by atoms with Crippen LogP contribution in [0.3, 0.4) is 0 Å². The number of nitrogens with one attached hydrogen (secondary N) is 1. The first-order chi connectivity index (χ1) is 15.8. The minimum absolute atomic E-state index is 0.0290. The Morgan fingerprint density at radius 3 is 2.73 bits per heavy atom. The number of rotatable bonds is 4. The van der Waals surface area contributed by atoms with E-state index < -0.39 is 18.0 Å². The van der Waals surface area contributed by atoms with Crippen LogP contribution >= 0.6 is 23.2 Å². The van der Waals surface area contributed by atoms with Gasteiger partial charge in [-0.2, -0.15) is 4.98 Å². The van der Waals surface area contributed by atoms with E-state index in [2.05, 4.69) is 15.5 Å². The van der Waals surface area contributed by atoms with Crippen molar-refractivity contribution in [3.63, 3.8) is 0 Å². The monoisotopic (exact) mass is 489 g/mol. The van der Waals surface area contributed by atoms with Crippen molar-refractivity contribution in [3.05, 3.63) is 63.7 Å². The van der Waals surface area contributed by atoms with Gasteiger partial charge in [0.2, 0.25) is 11.7 Å². The topological polar surface area (TPSA) is 97.5 Å². The van der Waals surface area contributed by atoms with E-state index in [0.29, 0.717) is 52.9 Å². The smallest absolute Gasteiger partial charge is 0.261 e. The zero-order valence-corrected chi connectivity index (χ0v) is 18.7. The zero-order valence-electron chi connectivity index (χ0n) is 17.1. The second-order valence-corrected chi connectivity index (χ2v) is 10.0. The molecule has 7 rings (SSSR count). The Labute approximate surface area is 197 Å². The number of nitrogens with zero attached hydrogens (tertiary/aromatic N) is 2. The molecule has 0 unspecified atom stereocenters. The Morgan fingerprint density at radius 1 is 1.18 bits per heavy atom. The minimum Gasteiger partial charge on any atom is -0.480 e. The first kappa shape index (κ1) is 20.9. The molecule has 1 aliphatic heterocycles. The highest BCUT2D eigenvalue weighted by atomic mass is 35.5. The van der Waals surface area contributed by atoms with E-state index in [0.717, 1.165) is 0 Å². The van der Waals surface area contributed by atoms with Crippen molar-refractivity contribution in [2.24, 2.45) is 0 Å². The van der Waals surface area contributed by atoms with E-state index in [1.54, 1.807) is 24.3 Å². The van der Waals surface area contributed by atoms with Gasteiger partial charge in [0.15, 0.2) is 6.10 Å². The van der Waals surface area contributed by atoms with E-state index >= 15 is 0 Å². The number of amides is 1. The molecule has 0 radical (unpaired) electrons. The number of fused-ring (bicyclic) bond motifs is 1. The minimum atomic E-state index is -0.822. The molecule has 2 bridgehead atoms. The van der Waals surface area contributed by atoms with Crippen LogP contribution in [0.15, 0.2) is 40.9 Å². The van der Waals surface area contributed by atoms with Crippen molar-refractivity contribution in [2.45, 2.75) is 48.8 Å². The third-order valence-electron chi connectivity index (χ3n) is 6.81. The van der Waals surface area contributed by atoms with Gasteiger partial charge in [0, 0.05) is 28.1 Å².